The molecule has 1 amide bonds. The molecule has 1 aliphatic heterocycles. The Hall–Kier alpha value is -1.85. The van der Waals surface area contributed by atoms with E-state index < -0.39 is 49.5 Å². The first kappa shape index (κ1) is 72.2. The molecule has 9 nitrogen and oxygen atoms in total. The van der Waals surface area contributed by atoms with Crippen LogP contribution in [0.5, 0.6) is 0 Å². The van der Waals surface area contributed by atoms with E-state index in [-0.39, 0.29) is 12.5 Å². The number of nitrogens with one attached hydrogen (secondary N) is 1. The fourth-order valence-electron chi connectivity index (χ4n) is 10.4. The second kappa shape index (κ2) is 56.4. The standard InChI is InChI=1S/C67H125NO8/c1-3-5-7-9-11-13-15-17-19-21-23-24-25-26-27-28-29-30-31-32-33-34-35-36-37-38-39-41-43-45-47-49-51-53-55-57-63(71)68-60(59-75-67-66(74)65(73)64(72)62(58-69)76-67)61(70)56-54-52-50-48-46-44-42-40-22-20-18-16-14-12-10-8-6-4-2/h21-23,40,46,48,54,56,60-62,64-67,69-70,72-74H,3-20,24-39,41-45,47,49-53,55,57-59H2,1-2H3,(H,68,71)/b23-21-,40-22+,48-46+,56-54+. The number of aliphatic hydroxyl groups excluding tert-OH is 5. The fraction of sp³-hybridized carbons (Fsp3) is 0.866. The summed E-state index contributed by atoms with van der Waals surface area (Å²) in [6, 6.07) is -0.828. The maximum Gasteiger partial charge on any atom is 0.220 e. The zero-order valence-corrected chi connectivity index (χ0v) is 49.8. The van der Waals surface area contributed by atoms with Crippen molar-refractivity contribution in [2.75, 3.05) is 13.2 Å². The lowest BCUT2D eigenvalue weighted by Crippen LogP contribution is -2.60. The summed E-state index contributed by atoms with van der Waals surface area (Å²) in [7, 11) is 0. The van der Waals surface area contributed by atoms with Crippen LogP contribution in [0.2, 0.25) is 0 Å². The molecule has 0 aromatic rings. The number of carbonyl (C=O) groups excluding carboxylic acids is 1. The molecule has 0 aromatic heterocycles. The molecule has 0 radical (unpaired) electrons. The van der Waals surface area contributed by atoms with Gasteiger partial charge in [-0.3, -0.25) is 4.79 Å². The molecular formula is C67H125NO8. The fourth-order valence-corrected chi connectivity index (χ4v) is 10.4. The van der Waals surface area contributed by atoms with Gasteiger partial charge in [0.15, 0.2) is 6.29 Å². The molecular weight excluding hydrogens is 947 g/mol. The van der Waals surface area contributed by atoms with Crippen LogP contribution >= 0.6 is 0 Å². The smallest absolute Gasteiger partial charge is 0.220 e. The molecule has 0 aliphatic carbocycles. The van der Waals surface area contributed by atoms with E-state index in [0.29, 0.717) is 6.42 Å². The highest BCUT2D eigenvalue weighted by Crippen LogP contribution is 2.23. The minimum Gasteiger partial charge on any atom is -0.394 e. The summed E-state index contributed by atoms with van der Waals surface area (Å²) in [6.45, 7) is 3.78. The minimum absolute atomic E-state index is 0.186. The zero-order valence-electron chi connectivity index (χ0n) is 49.8. The Morgan fingerprint density at radius 1 is 0.434 bits per heavy atom. The molecule has 76 heavy (non-hydrogen) atoms. The number of carbonyl (C=O) groups is 1. The summed E-state index contributed by atoms with van der Waals surface area (Å²) in [4.78, 5) is 13.1. The Labute approximate surface area is 469 Å². The molecule has 1 heterocycles. The van der Waals surface area contributed by atoms with Gasteiger partial charge < -0.3 is 40.3 Å². The van der Waals surface area contributed by atoms with Crippen molar-refractivity contribution < 1.29 is 39.8 Å². The Balaban J connectivity index is 2.11. The van der Waals surface area contributed by atoms with Gasteiger partial charge in [0, 0.05) is 6.42 Å². The summed E-state index contributed by atoms with van der Waals surface area (Å²) in [5.74, 6) is -0.186. The third-order valence-electron chi connectivity index (χ3n) is 15.6. The van der Waals surface area contributed by atoms with Crippen molar-refractivity contribution in [1.29, 1.82) is 0 Å². The van der Waals surface area contributed by atoms with Crippen molar-refractivity contribution in [1.82, 2.24) is 5.32 Å². The number of rotatable bonds is 57. The van der Waals surface area contributed by atoms with Crippen molar-refractivity contribution in [3.63, 3.8) is 0 Å². The highest BCUT2D eigenvalue weighted by molar-refractivity contribution is 5.76. The Kier molecular flexibility index (Phi) is 53.6. The third kappa shape index (κ3) is 44.9. The number of ether oxygens (including phenoxy) is 2. The predicted octanol–water partition coefficient (Wildman–Crippen LogP) is 17.2. The van der Waals surface area contributed by atoms with Gasteiger partial charge in [-0.05, 0) is 70.6 Å². The van der Waals surface area contributed by atoms with Crippen molar-refractivity contribution in [3.8, 4) is 0 Å². The van der Waals surface area contributed by atoms with Crippen LogP contribution in [0.3, 0.4) is 0 Å². The molecule has 0 spiro atoms. The van der Waals surface area contributed by atoms with Crippen LogP contribution in [-0.4, -0.2) is 87.5 Å². The maximum atomic E-state index is 13.1. The van der Waals surface area contributed by atoms with Crippen LogP contribution in [0.1, 0.15) is 316 Å². The molecule has 1 rings (SSSR count). The molecule has 0 bridgehead atoms. The molecule has 7 unspecified atom stereocenters. The van der Waals surface area contributed by atoms with Crippen molar-refractivity contribution in [2.45, 2.75) is 358 Å². The van der Waals surface area contributed by atoms with E-state index in [1.54, 1.807) is 6.08 Å². The second-order valence-electron chi connectivity index (χ2n) is 22.9. The van der Waals surface area contributed by atoms with Crippen molar-refractivity contribution in [2.24, 2.45) is 0 Å². The van der Waals surface area contributed by atoms with Crippen LogP contribution in [0.25, 0.3) is 0 Å². The Morgan fingerprint density at radius 2 is 0.750 bits per heavy atom. The topological polar surface area (TPSA) is 149 Å². The highest BCUT2D eigenvalue weighted by atomic mass is 16.7. The summed E-state index contributed by atoms with van der Waals surface area (Å²) < 4.78 is 11.3. The summed E-state index contributed by atoms with van der Waals surface area (Å²) in [6.07, 6.45) is 69.3. The number of amides is 1. The van der Waals surface area contributed by atoms with E-state index in [1.807, 2.05) is 6.08 Å². The summed E-state index contributed by atoms with van der Waals surface area (Å²) in [5, 5.41) is 54.6. The van der Waals surface area contributed by atoms with Crippen LogP contribution in [-0.2, 0) is 14.3 Å². The molecule has 1 fully saturated rings. The van der Waals surface area contributed by atoms with E-state index in [0.717, 1.165) is 44.9 Å². The SMILES string of the molecule is CCCCCCCCCC/C=C\CCCCCCCCCCCCCCCCCCCCCCCCCC(=O)NC(COC1OC(CO)C(O)C(O)C1O)C(O)/C=C/CC/C=C/CC/C=C/CCCCCCCCCC. The first-order valence-corrected chi connectivity index (χ1v) is 32.9. The van der Waals surface area contributed by atoms with Gasteiger partial charge in [0.1, 0.15) is 24.4 Å². The van der Waals surface area contributed by atoms with Gasteiger partial charge in [0.25, 0.3) is 0 Å². The zero-order chi connectivity index (χ0) is 55.0. The van der Waals surface area contributed by atoms with Crippen LogP contribution < -0.4 is 5.32 Å². The lowest BCUT2D eigenvalue weighted by molar-refractivity contribution is -0.302. The number of allylic oxidation sites excluding steroid dienone is 7. The third-order valence-corrected chi connectivity index (χ3v) is 15.6. The van der Waals surface area contributed by atoms with Gasteiger partial charge >= 0.3 is 0 Å². The maximum absolute atomic E-state index is 13.1. The number of unbranched alkanes of at least 4 members (excludes halogenated alkanes) is 41. The van der Waals surface area contributed by atoms with Crippen molar-refractivity contribution in [3.05, 3.63) is 48.6 Å². The number of aliphatic hydroxyl groups is 5. The number of hydrogen-bond acceptors (Lipinski definition) is 8. The average Bonchev–Trinajstić information content (AvgIpc) is 3.42. The van der Waals surface area contributed by atoms with E-state index in [1.165, 1.54) is 250 Å². The summed E-state index contributed by atoms with van der Waals surface area (Å²) in [5.41, 5.74) is 0. The van der Waals surface area contributed by atoms with Gasteiger partial charge in [-0.2, -0.15) is 0 Å². The highest BCUT2D eigenvalue weighted by Gasteiger charge is 2.44. The molecule has 9 heteroatoms. The van der Waals surface area contributed by atoms with E-state index >= 15 is 0 Å². The van der Waals surface area contributed by atoms with Gasteiger partial charge in [0.05, 0.1) is 25.4 Å². The molecule has 6 N–H and O–H groups in total. The van der Waals surface area contributed by atoms with E-state index in [4.69, 9.17) is 9.47 Å². The van der Waals surface area contributed by atoms with Gasteiger partial charge in [-0.1, -0.05) is 287 Å². The quantitative estimate of drug-likeness (QED) is 0.0261. The normalized spacial score (nSPS) is 19.1. The van der Waals surface area contributed by atoms with E-state index in [9.17, 15) is 30.3 Å². The van der Waals surface area contributed by atoms with Crippen molar-refractivity contribution >= 4 is 5.91 Å². The Morgan fingerprint density at radius 3 is 1.11 bits per heavy atom. The molecule has 7 atom stereocenters. The monoisotopic (exact) mass is 1070 g/mol. The first-order chi connectivity index (χ1) is 37.3. The predicted molar refractivity (Wildman–Crippen MR) is 323 cm³/mol. The number of hydrogen-bond donors (Lipinski definition) is 6. The van der Waals surface area contributed by atoms with Crippen LogP contribution in [0.4, 0.5) is 0 Å². The van der Waals surface area contributed by atoms with Crippen LogP contribution in [0, 0.1) is 0 Å². The van der Waals surface area contributed by atoms with Gasteiger partial charge in [-0.15, -0.1) is 0 Å². The van der Waals surface area contributed by atoms with Gasteiger partial charge in [-0.25, -0.2) is 0 Å². The van der Waals surface area contributed by atoms with Crippen LogP contribution in [0.15, 0.2) is 48.6 Å². The van der Waals surface area contributed by atoms with Gasteiger partial charge in [0.2, 0.25) is 5.91 Å². The summed E-state index contributed by atoms with van der Waals surface area (Å²) >= 11 is 0. The second-order valence-corrected chi connectivity index (χ2v) is 22.9. The minimum atomic E-state index is -1.57. The lowest BCUT2D eigenvalue weighted by Gasteiger charge is -2.40. The molecule has 1 saturated heterocycles. The Bertz CT molecular complexity index is 1340. The van der Waals surface area contributed by atoms with E-state index in [2.05, 4.69) is 55.6 Å². The lowest BCUT2D eigenvalue weighted by atomic mass is 9.99. The molecule has 0 aromatic carbocycles. The average molecular weight is 1070 g/mol. The molecule has 1 aliphatic rings. The molecule has 0 saturated carbocycles. The largest absolute Gasteiger partial charge is 0.394 e. The first-order valence-electron chi connectivity index (χ1n) is 32.9. The molecule has 446 valence electrons.